The number of nitrogens with zero attached hydrogens (tertiary/aromatic N) is 4. The average Bonchev–Trinajstić information content (AvgIpc) is 2.85. The molecule has 10 heteroatoms. The van der Waals surface area contributed by atoms with Crippen LogP contribution in [0.4, 0.5) is 30.4 Å². The number of halogens is 3. The van der Waals surface area contributed by atoms with Crippen molar-refractivity contribution in [3.63, 3.8) is 0 Å². The predicted octanol–water partition coefficient (Wildman–Crippen LogP) is 5.44. The van der Waals surface area contributed by atoms with Crippen molar-refractivity contribution in [2.24, 2.45) is 5.18 Å². The molecule has 2 fully saturated rings. The van der Waals surface area contributed by atoms with Gasteiger partial charge in [-0.1, -0.05) is 6.92 Å². The first kappa shape index (κ1) is 24.3. The molecule has 1 aromatic heterocycles. The van der Waals surface area contributed by atoms with Crippen LogP contribution in [0.15, 0.2) is 41.7 Å². The van der Waals surface area contributed by atoms with E-state index in [2.05, 4.69) is 32.2 Å². The summed E-state index contributed by atoms with van der Waals surface area (Å²) in [5, 5.41) is 5.66. The van der Waals surface area contributed by atoms with Gasteiger partial charge in [0.2, 0.25) is 0 Å². The minimum absolute atomic E-state index is 0.0406. The van der Waals surface area contributed by atoms with E-state index in [0.29, 0.717) is 5.69 Å². The molecule has 2 aliphatic rings. The summed E-state index contributed by atoms with van der Waals surface area (Å²) in [6.07, 6.45) is 0.347. The molecule has 0 unspecified atom stereocenters. The number of likely N-dealkylation sites (N-methyl/N-ethyl adjacent to an activating group) is 1. The Hall–Kier alpha value is -2.88. The van der Waals surface area contributed by atoms with Crippen molar-refractivity contribution in [2.75, 3.05) is 42.9 Å². The fraction of sp³-hybridized carbons (Fsp3) is 0.542. The van der Waals surface area contributed by atoms with E-state index in [1.165, 1.54) is 6.07 Å². The number of anilines is 2. The lowest BCUT2D eigenvalue weighted by Gasteiger charge is -2.35. The SMILES string of the molecule is CCN1CCN(c2cc(OC3CCC(Nc4ccc(N=O)c(C(F)(F)F)c4)CC3)ccn2)CC1. The van der Waals surface area contributed by atoms with Gasteiger partial charge in [-0.3, -0.25) is 0 Å². The third-order valence-corrected chi connectivity index (χ3v) is 6.61. The molecule has 2 aromatic rings. The summed E-state index contributed by atoms with van der Waals surface area (Å²) in [5.41, 5.74) is -1.28. The lowest BCUT2D eigenvalue weighted by atomic mass is 9.92. The minimum atomic E-state index is -4.63. The number of pyridine rings is 1. The number of nitroso groups, excluding NO2 is 1. The van der Waals surface area contributed by atoms with E-state index in [1.807, 2.05) is 12.1 Å². The van der Waals surface area contributed by atoms with Gasteiger partial charge >= 0.3 is 6.18 Å². The quantitative estimate of drug-likeness (QED) is 0.536. The van der Waals surface area contributed by atoms with Gasteiger partial charge in [-0.05, 0) is 61.7 Å². The zero-order chi connectivity index (χ0) is 24.1. The third kappa shape index (κ3) is 5.97. The monoisotopic (exact) mass is 477 g/mol. The van der Waals surface area contributed by atoms with E-state index < -0.39 is 17.4 Å². The highest BCUT2D eigenvalue weighted by Crippen LogP contribution is 2.38. The Morgan fingerprint density at radius 1 is 1.09 bits per heavy atom. The molecular weight excluding hydrogens is 447 g/mol. The average molecular weight is 478 g/mol. The third-order valence-electron chi connectivity index (χ3n) is 6.61. The highest BCUT2D eigenvalue weighted by molar-refractivity contribution is 5.58. The molecule has 0 atom stereocenters. The van der Waals surface area contributed by atoms with E-state index in [1.54, 1.807) is 6.20 Å². The van der Waals surface area contributed by atoms with E-state index in [-0.39, 0.29) is 12.1 Å². The normalized spacial score (nSPS) is 21.8. The molecule has 1 aromatic carbocycles. The molecule has 1 N–H and O–H groups in total. The zero-order valence-electron chi connectivity index (χ0n) is 19.2. The van der Waals surface area contributed by atoms with Crippen LogP contribution in [0.5, 0.6) is 5.75 Å². The van der Waals surface area contributed by atoms with Crippen LogP contribution < -0.4 is 15.0 Å². The van der Waals surface area contributed by atoms with E-state index in [0.717, 1.165) is 82.1 Å². The molecule has 0 radical (unpaired) electrons. The van der Waals surface area contributed by atoms with E-state index >= 15 is 0 Å². The maximum Gasteiger partial charge on any atom is 0.418 e. The van der Waals surface area contributed by atoms with Gasteiger partial charge in [0, 0.05) is 50.2 Å². The molecular formula is C24H30F3N5O2. The molecule has 1 saturated heterocycles. The van der Waals surface area contributed by atoms with Gasteiger partial charge < -0.3 is 19.9 Å². The van der Waals surface area contributed by atoms with Gasteiger partial charge in [0.05, 0.1) is 11.7 Å². The first-order valence-corrected chi connectivity index (χ1v) is 11.8. The fourth-order valence-electron chi connectivity index (χ4n) is 4.62. The second-order valence-electron chi connectivity index (χ2n) is 8.83. The standard InChI is InChI=1S/C24H30F3N5O2/c1-2-31-11-13-32(14-12-31)23-16-20(9-10-28-23)34-19-6-3-17(4-7-19)29-18-5-8-22(30-33)21(15-18)24(25,26)27/h5,8-10,15-17,19,29H,2-4,6-7,11-14H2,1H3. The summed E-state index contributed by atoms with van der Waals surface area (Å²) in [4.78, 5) is 19.9. The molecule has 34 heavy (non-hydrogen) atoms. The highest BCUT2D eigenvalue weighted by Gasteiger charge is 2.34. The molecule has 0 spiro atoms. The van der Waals surface area contributed by atoms with Gasteiger partial charge in [-0.25, -0.2) is 4.98 Å². The van der Waals surface area contributed by atoms with E-state index in [9.17, 15) is 18.1 Å². The Morgan fingerprint density at radius 3 is 2.47 bits per heavy atom. The van der Waals surface area contributed by atoms with Gasteiger partial charge in [-0.15, -0.1) is 4.91 Å². The smallest absolute Gasteiger partial charge is 0.418 e. The van der Waals surface area contributed by atoms with Crippen LogP contribution in [0.3, 0.4) is 0 Å². The Labute approximate surface area is 197 Å². The van der Waals surface area contributed by atoms with Crippen molar-refractivity contribution >= 4 is 17.2 Å². The van der Waals surface area contributed by atoms with E-state index in [4.69, 9.17) is 4.74 Å². The number of benzene rings is 1. The summed E-state index contributed by atoms with van der Waals surface area (Å²) >= 11 is 0. The number of rotatable bonds is 7. The van der Waals surface area contributed by atoms with Crippen LogP contribution >= 0.6 is 0 Å². The van der Waals surface area contributed by atoms with Crippen LogP contribution in [-0.2, 0) is 6.18 Å². The molecule has 2 heterocycles. The second-order valence-corrected chi connectivity index (χ2v) is 8.83. The Bertz CT molecular complexity index is 971. The maximum absolute atomic E-state index is 13.2. The molecule has 184 valence electrons. The van der Waals surface area contributed by atoms with Crippen LogP contribution in [0, 0.1) is 4.91 Å². The molecule has 0 bridgehead atoms. The maximum atomic E-state index is 13.2. The van der Waals surface area contributed by atoms with Gasteiger partial charge in [-0.2, -0.15) is 13.2 Å². The Kier molecular flexibility index (Phi) is 7.55. The largest absolute Gasteiger partial charge is 0.490 e. The highest BCUT2D eigenvalue weighted by atomic mass is 19.4. The molecule has 1 aliphatic carbocycles. The number of aromatic nitrogens is 1. The van der Waals surface area contributed by atoms with Crippen molar-refractivity contribution in [3.8, 4) is 5.75 Å². The molecule has 4 rings (SSSR count). The zero-order valence-corrected chi connectivity index (χ0v) is 19.2. The summed E-state index contributed by atoms with van der Waals surface area (Å²) < 4.78 is 45.8. The summed E-state index contributed by atoms with van der Waals surface area (Å²) in [5.74, 6) is 1.73. The summed E-state index contributed by atoms with van der Waals surface area (Å²) in [6, 6.07) is 7.44. The van der Waals surface area contributed by atoms with Crippen molar-refractivity contribution in [2.45, 2.75) is 50.9 Å². The van der Waals surface area contributed by atoms with Gasteiger partial charge in [0.15, 0.2) is 0 Å². The summed E-state index contributed by atoms with van der Waals surface area (Å²) in [7, 11) is 0. The lowest BCUT2D eigenvalue weighted by molar-refractivity contribution is -0.137. The second kappa shape index (κ2) is 10.6. The number of hydrogen-bond donors (Lipinski definition) is 1. The van der Waals surface area contributed by atoms with Crippen LogP contribution in [-0.4, -0.2) is 54.8 Å². The number of alkyl halides is 3. The fourth-order valence-corrected chi connectivity index (χ4v) is 4.62. The van der Waals surface area contributed by atoms with Crippen molar-refractivity contribution < 1.29 is 17.9 Å². The number of nitrogens with one attached hydrogen (secondary N) is 1. The molecule has 1 saturated carbocycles. The number of hydrogen-bond acceptors (Lipinski definition) is 7. The van der Waals surface area contributed by atoms with Crippen molar-refractivity contribution in [3.05, 3.63) is 47.0 Å². The first-order valence-electron chi connectivity index (χ1n) is 11.8. The number of piperazine rings is 1. The predicted molar refractivity (Wildman–Crippen MR) is 126 cm³/mol. The van der Waals surface area contributed by atoms with Gasteiger partial charge in [0.1, 0.15) is 17.3 Å². The number of ether oxygens (including phenoxy) is 1. The van der Waals surface area contributed by atoms with Crippen molar-refractivity contribution in [1.82, 2.24) is 9.88 Å². The van der Waals surface area contributed by atoms with Gasteiger partial charge in [0.25, 0.3) is 0 Å². The minimum Gasteiger partial charge on any atom is -0.490 e. The summed E-state index contributed by atoms with van der Waals surface area (Å²) in [6.45, 7) is 7.18. The lowest BCUT2D eigenvalue weighted by Crippen LogP contribution is -2.46. The Morgan fingerprint density at radius 2 is 1.82 bits per heavy atom. The first-order chi connectivity index (χ1) is 16.4. The molecule has 7 nitrogen and oxygen atoms in total. The Balaban J connectivity index is 1.30. The topological polar surface area (TPSA) is 70.1 Å². The molecule has 1 aliphatic heterocycles. The van der Waals surface area contributed by atoms with Crippen LogP contribution in [0.1, 0.15) is 38.2 Å². The van der Waals surface area contributed by atoms with Crippen molar-refractivity contribution in [1.29, 1.82) is 0 Å². The molecule has 0 amide bonds. The van der Waals surface area contributed by atoms with Crippen LogP contribution in [0.25, 0.3) is 0 Å². The van der Waals surface area contributed by atoms with Crippen LogP contribution in [0.2, 0.25) is 0 Å².